The summed E-state index contributed by atoms with van der Waals surface area (Å²) >= 11 is 0. The Morgan fingerprint density at radius 3 is 3.18 bits per heavy atom. The minimum atomic E-state index is 0.0553. The van der Waals surface area contributed by atoms with Gasteiger partial charge in [0, 0.05) is 25.3 Å². The van der Waals surface area contributed by atoms with E-state index in [-0.39, 0.29) is 6.04 Å². The minimum Gasteiger partial charge on any atom is -0.375 e. The van der Waals surface area contributed by atoms with Crippen molar-refractivity contribution in [2.24, 2.45) is 5.73 Å². The lowest BCUT2D eigenvalue weighted by atomic mass is 10.1. The second kappa shape index (κ2) is 5.47. The predicted octanol–water partition coefficient (Wildman–Crippen LogP) is 1.72. The summed E-state index contributed by atoms with van der Waals surface area (Å²) in [4.78, 5) is 6.71. The first kappa shape index (κ1) is 12.3. The molecule has 0 radical (unpaired) electrons. The minimum absolute atomic E-state index is 0.0553. The number of hydrogen-bond acceptors (Lipinski definition) is 4. The molecule has 0 aromatic carbocycles. The molecule has 2 N–H and O–H groups in total. The molecule has 1 fully saturated rings. The fourth-order valence-corrected chi connectivity index (χ4v) is 2.06. The molecule has 2 rings (SSSR count). The Hall–Kier alpha value is -1.13. The molecule has 1 aliphatic heterocycles. The van der Waals surface area contributed by atoms with Gasteiger partial charge in [-0.1, -0.05) is 6.92 Å². The lowest BCUT2D eigenvalue weighted by Gasteiger charge is -2.33. The summed E-state index contributed by atoms with van der Waals surface area (Å²) in [5.41, 5.74) is 7.03. The van der Waals surface area contributed by atoms with Crippen LogP contribution in [0, 0.1) is 0 Å². The van der Waals surface area contributed by atoms with Crippen molar-refractivity contribution in [2.75, 3.05) is 24.6 Å². The fourth-order valence-electron chi connectivity index (χ4n) is 2.06. The monoisotopic (exact) mass is 235 g/mol. The van der Waals surface area contributed by atoms with Gasteiger partial charge in [-0.3, -0.25) is 0 Å². The number of morpholine rings is 1. The molecule has 2 heterocycles. The zero-order valence-electron chi connectivity index (χ0n) is 10.6. The number of anilines is 1. The summed E-state index contributed by atoms with van der Waals surface area (Å²) in [6.07, 6.45) is 3.21. The summed E-state index contributed by atoms with van der Waals surface area (Å²) < 4.78 is 5.66. The lowest BCUT2D eigenvalue weighted by Crippen LogP contribution is -2.42. The third kappa shape index (κ3) is 2.96. The van der Waals surface area contributed by atoms with Crippen LogP contribution in [0.1, 0.15) is 31.9 Å². The fraction of sp³-hybridized carbons (Fsp3) is 0.615. The summed E-state index contributed by atoms with van der Waals surface area (Å²) in [6.45, 7) is 6.76. The van der Waals surface area contributed by atoms with E-state index in [0.717, 1.165) is 37.5 Å². The average molecular weight is 235 g/mol. The molecule has 0 aliphatic carbocycles. The van der Waals surface area contributed by atoms with Crippen molar-refractivity contribution in [3.8, 4) is 0 Å². The standard InChI is InChI=1S/C13H21N3O/c1-3-12-9-16(6-7-17-12)13-8-11(10(2)14)4-5-15-13/h4-5,8,10,12H,3,6-7,9,14H2,1-2H3/t10-,12?/m1/s1. The number of hydrogen-bond donors (Lipinski definition) is 1. The topological polar surface area (TPSA) is 51.4 Å². The van der Waals surface area contributed by atoms with Crippen LogP contribution in [0.3, 0.4) is 0 Å². The Bertz CT molecular complexity index is 367. The molecule has 0 bridgehead atoms. The molecular weight excluding hydrogens is 214 g/mol. The second-order valence-corrected chi connectivity index (χ2v) is 4.58. The zero-order chi connectivity index (χ0) is 12.3. The van der Waals surface area contributed by atoms with Crippen LogP contribution < -0.4 is 10.6 Å². The van der Waals surface area contributed by atoms with E-state index in [9.17, 15) is 0 Å². The van der Waals surface area contributed by atoms with Gasteiger partial charge in [0.15, 0.2) is 0 Å². The van der Waals surface area contributed by atoms with Gasteiger partial charge in [-0.2, -0.15) is 0 Å². The summed E-state index contributed by atoms with van der Waals surface area (Å²) in [5, 5.41) is 0. The largest absolute Gasteiger partial charge is 0.375 e. The van der Waals surface area contributed by atoms with Crippen molar-refractivity contribution in [3.05, 3.63) is 23.9 Å². The number of pyridine rings is 1. The predicted molar refractivity (Wildman–Crippen MR) is 69.1 cm³/mol. The highest BCUT2D eigenvalue weighted by Crippen LogP contribution is 2.19. The van der Waals surface area contributed by atoms with Crippen molar-refractivity contribution in [1.29, 1.82) is 0 Å². The molecule has 1 saturated heterocycles. The van der Waals surface area contributed by atoms with Gasteiger partial charge in [-0.25, -0.2) is 4.98 Å². The van der Waals surface area contributed by atoms with E-state index in [2.05, 4.69) is 22.9 Å². The van der Waals surface area contributed by atoms with E-state index >= 15 is 0 Å². The molecule has 0 spiro atoms. The van der Waals surface area contributed by atoms with E-state index in [1.807, 2.05) is 19.2 Å². The van der Waals surface area contributed by atoms with Gasteiger partial charge in [0.25, 0.3) is 0 Å². The Labute approximate surface area is 103 Å². The molecule has 4 nitrogen and oxygen atoms in total. The van der Waals surface area contributed by atoms with Crippen molar-refractivity contribution >= 4 is 5.82 Å². The van der Waals surface area contributed by atoms with Gasteiger partial charge >= 0.3 is 0 Å². The van der Waals surface area contributed by atoms with Gasteiger partial charge in [0.05, 0.1) is 12.7 Å². The first-order valence-corrected chi connectivity index (χ1v) is 6.28. The van der Waals surface area contributed by atoms with E-state index in [4.69, 9.17) is 10.5 Å². The Kier molecular flexibility index (Phi) is 3.97. The van der Waals surface area contributed by atoms with Crippen molar-refractivity contribution in [3.63, 3.8) is 0 Å². The van der Waals surface area contributed by atoms with Gasteiger partial charge in [-0.05, 0) is 31.0 Å². The molecule has 1 aromatic rings. The molecule has 1 aliphatic rings. The second-order valence-electron chi connectivity index (χ2n) is 4.58. The van der Waals surface area contributed by atoms with Crippen LogP contribution in [0.2, 0.25) is 0 Å². The van der Waals surface area contributed by atoms with Crippen LogP contribution in [-0.4, -0.2) is 30.8 Å². The summed E-state index contributed by atoms with van der Waals surface area (Å²) in [7, 11) is 0. The van der Waals surface area contributed by atoms with Crippen molar-refractivity contribution in [1.82, 2.24) is 4.98 Å². The SMILES string of the molecule is CCC1CN(c2cc([C@@H](C)N)ccn2)CCO1. The van der Waals surface area contributed by atoms with Crippen molar-refractivity contribution in [2.45, 2.75) is 32.4 Å². The molecular formula is C13H21N3O. The number of nitrogens with zero attached hydrogens (tertiary/aromatic N) is 2. The van der Waals surface area contributed by atoms with E-state index < -0.39 is 0 Å². The first-order valence-electron chi connectivity index (χ1n) is 6.28. The maximum Gasteiger partial charge on any atom is 0.128 e. The quantitative estimate of drug-likeness (QED) is 0.866. The molecule has 0 amide bonds. The highest BCUT2D eigenvalue weighted by atomic mass is 16.5. The smallest absolute Gasteiger partial charge is 0.128 e. The number of aromatic nitrogens is 1. The molecule has 0 saturated carbocycles. The molecule has 1 unspecified atom stereocenters. The van der Waals surface area contributed by atoms with Crippen LogP contribution >= 0.6 is 0 Å². The van der Waals surface area contributed by atoms with Crippen LogP contribution in [0.25, 0.3) is 0 Å². The third-order valence-corrected chi connectivity index (χ3v) is 3.21. The number of rotatable bonds is 3. The molecule has 17 heavy (non-hydrogen) atoms. The maximum absolute atomic E-state index is 5.89. The van der Waals surface area contributed by atoms with E-state index in [1.54, 1.807) is 0 Å². The normalized spacial score (nSPS) is 22.5. The molecule has 1 aromatic heterocycles. The van der Waals surface area contributed by atoms with Crippen LogP contribution in [0.15, 0.2) is 18.3 Å². The van der Waals surface area contributed by atoms with E-state index in [1.165, 1.54) is 0 Å². The average Bonchev–Trinajstić information content (AvgIpc) is 2.39. The van der Waals surface area contributed by atoms with Gasteiger partial charge in [-0.15, -0.1) is 0 Å². The maximum atomic E-state index is 5.89. The van der Waals surface area contributed by atoms with Crippen molar-refractivity contribution < 1.29 is 4.74 Å². The van der Waals surface area contributed by atoms with Crippen LogP contribution in [-0.2, 0) is 4.74 Å². The zero-order valence-corrected chi connectivity index (χ0v) is 10.6. The highest BCUT2D eigenvalue weighted by molar-refractivity contribution is 5.42. The Morgan fingerprint density at radius 1 is 1.65 bits per heavy atom. The molecule has 94 valence electrons. The Balaban J connectivity index is 2.13. The Morgan fingerprint density at radius 2 is 2.47 bits per heavy atom. The number of ether oxygens (including phenoxy) is 1. The lowest BCUT2D eigenvalue weighted by molar-refractivity contribution is 0.0381. The van der Waals surface area contributed by atoms with Crippen LogP contribution in [0.4, 0.5) is 5.82 Å². The van der Waals surface area contributed by atoms with Gasteiger partial charge in [0.2, 0.25) is 0 Å². The molecule has 2 atom stereocenters. The van der Waals surface area contributed by atoms with Crippen LogP contribution in [0.5, 0.6) is 0 Å². The van der Waals surface area contributed by atoms with E-state index in [0.29, 0.717) is 6.10 Å². The number of nitrogens with two attached hydrogens (primary N) is 1. The third-order valence-electron chi connectivity index (χ3n) is 3.21. The summed E-state index contributed by atoms with van der Waals surface area (Å²) in [5.74, 6) is 1.02. The molecule has 4 heteroatoms. The first-order chi connectivity index (χ1) is 8.20. The van der Waals surface area contributed by atoms with Gasteiger partial charge in [0.1, 0.15) is 5.82 Å². The summed E-state index contributed by atoms with van der Waals surface area (Å²) in [6, 6.07) is 4.12. The highest BCUT2D eigenvalue weighted by Gasteiger charge is 2.20. The van der Waals surface area contributed by atoms with Gasteiger partial charge < -0.3 is 15.4 Å².